The Morgan fingerprint density at radius 2 is 1.79 bits per heavy atom. The van der Waals surface area contributed by atoms with Crippen LogP contribution in [0.1, 0.15) is 69.8 Å². The van der Waals surface area contributed by atoms with Crippen LogP contribution >= 0.6 is 0 Å². The third kappa shape index (κ3) is 5.39. The molecule has 1 N–H and O–H groups in total. The van der Waals surface area contributed by atoms with Gasteiger partial charge in [0, 0.05) is 12.0 Å². The van der Waals surface area contributed by atoms with E-state index in [1.807, 2.05) is 12.1 Å². The van der Waals surface area contributed by atoms with Crippen molar-refractivity contribution in [3.05, 3.63) is 35.4 Å². The second kappa shape index (κ2) is 9.93. The van der Waals surface area contributed by atoms with Crippen molar-refractivity contribution in [1.29, 1.82) is 0 Å². The summed E-state index contributed by atoms with van der Waals surface area (Å²) in [5.74, 6) is 1.66. The topological polar surface area (TPSA) is 32.7 Å². The van der Waals surface area contributed by atoms with Gasteiger partial charge in [0.1, 0.15) is 5.75 Å². The Balaban J connectivity index is 1.87. The summed E-state index contributed by atoms with van der Waals surface area (Å²) in [6.07, 6.45) is 14.4. The average molecular weight is 386 g/mol. The van der Waals surface area contributed by atoms with Crippen molar-refractivity contribution in [2.75, 3.05) is 27.7 Å². The van der Waals surface area contributed by atoms with Crippen LogP contribution in [0.3, 0.4) is 0 Å². The van der Waals surface area contributed by atoms with E-state index in [1.54, 1.807) is 7.11 Å². The second-order valence-electron chi connectivity index (χ2n) is 9.41. The van der Waals surface area contributed by atoms with Gasteiger partial charge >= 0.3 is 0 Å². The van der Waals surface area contributed by atoms with Crippen molar-refractivity contribution in [3.8, 4) is 5.75 Å². The summed E-state index contributed by atoms with van der Waals surface area (Å²) < 4.78 is 5.29. The number of methoxy groups -OCH3 is 1. The standard InChI is InChI=1S/C25H39NO2/c1-26(2)19-25(18-21-9-5-4-6-10-21)16-8-7-11-22(24(25)27)17-20-12-14-23(28-3)15-13-20/h12-15,17,21,24,27H,4-11,16,18-19H2,1-3H3. The van der Waals surface area contributed by atoms with Gasteiger partial charge in [-0.3, -0.25) is 0 Å². The van der Waals surface area contributed by atoms with Gasteiger partial charge in [-0.1, -0.05) is 56.7 Å². The molecule has 3 nitrogen and oxygen atoms in total. The lowest BCUT2D eigenvalue weighted by atomic mass is 9.67. The van der Waals surface area contributed by atoms with Crippen molar-refractivity contribution in [3.63, 3.8) is 0 Å². The molecule has 0 radical (unpaired) electrons. The van der Waals surface area contributed by atoms with Crippen LogP contribution in [-0.4, -0.2) is 43.9 Å². The van der Waals surface area contributed by atoms with E-state index >= 15 is 0 Å². The van der Waals surface area contributed by atoms with Crippen molar-refractivity contribution in [2.24, 2.45) is 11.3 Å². The number of benzene rings is 1. The van der Waals surface area contributed by atoms with Crippen LogP contribution in [0.25, 0.3) is 6.08 Å². The van der Waals surface area contributed by atoms with Gasteiger partial charge in [0.25, 0.3) is 0 Å². The third-order valence-corrected chi connectivity index (χ3v) is 6.84. The van der Waals surface area contributed by atoms with Gasteiger partial charge in [0.2, 0.25) is 0 Å². The summed E-state index contributed by atoms with van der Waals surface area (Å²) in [5.41, 5.74) is 2.37. The summed E-state index contributed by atoms with van der Waals surface area (Å²) >= 11 is 0. The van der Waals surface area contributed by atoms with Gasteiger partial charge in [-0.05, 0) is 69.0 Å². The molecule has 0 spiro atoms. The molecule has 156 valence electrons. The zero-order chi connectivity index (χ0) is 20.0. The highest BCUT2D eigenvalue weighted by molar-refractivity contribution is 5.55. The number of hydrogen-bond donors (Lipinski definition) is 1. The molecule has 0 amide bonds. The van der Waals surface area contributed by atoms with E-state index in [1.165, 1.54) is 56.9 Å². The summed E-state index contributed by atoms with van der Waals surface area (Å²) in [6, 6.07) is 8.20. The zero-order valence-electron chi connectivity index (χ0n) is 18.1. The number of hydrogen-bond acceptors (Lipinski definition) is 3. The monoisotopic (exact) mass is 385 g/mol. The van der Waals surface area contributed by atoms with Gasteiger partial charge in [-0.15, -0.1) is 0 Å². The lowest BCUT2D eigenvalue weighted by Crippen LogP contribution is -2.45. The van der Waals surface area contributed by atoms with Gasteiger partial charge in [-0.25, -0.2) is 0 Å². The number of rotatable bonds is 6. The molecular formula is C25H39NO2. The second-order valence-corrected chi connectivity index (χ2v) is 9.41. The Morgan fingerprint density at radius 1 is 1.07 bits per heavy atom. The first-order chi connectivity index (χ1) is 13.5. The van der Waals surface area contributed by atoms with Gasteiger partial charge < -0.3 is 14.7 Å². The lowest BCUT2D eigenvalue weighted by molar-refractivity contribution is 0.00296. The molecule has 0 heterocycles. The Kier molecular flexibility index (Phi) is 7.59. The van der Waals surface area contributed by atoms with Gasteiger partial charge in [0.05, 0.1) is 13.2 Å². The molecule has 3 rings (SSSR count). The predicted molar refractivity (Wildman–Crippen MR) is 118 cm³/mol. The Morgan fingerprint density at radius 3 is 2.43 bits per heavy atom. The van der Waals surface area contributed by atoms with Crippen LogP contribution in [0.2, 0.25) is 0 Å². The minimum absolute atomic E-state index is 0.0136. The summed E-state index contributed by atoms with van der Waals surface area (Å²) in [7, 11) is 6.02. The first kappa shape index (κ1) is 21.4. The zero-order valence-corrected chi connectivity index (χ0v) is 18.1. The average Bonchev–Trinajstić information content (AvgIpc) is 2.83. The van der Waals surface area contributed by atoms with Crippen molar-refractivity contribution in [1.82, 2.24) is 4.90 Å². The molecule has 2 fully saturated rings. The summed E-state index contributed by atoms with van der Waals surface area (Å²) in [5, 5.41) is 11.7. The number of nitrogens with zero attached hydrogens (tertiary/aromatic N) is 1. The maximum absolute atomic E-state index is 11.7. The van der Waals surface area contributed by atoms with Crippen LogP contribution in [0.5, 0.6) is 5.75 Å². The van der Waals surface area contributed by atoms with Crippen LogP contribution in [0, 0.1) is 11.3 Å². The fourth-order valence-electron chi connectivity index (χ4n) is 5.58. The lowest BCUT2D eigenvalue weighted by Gasteiger charge is -2.43. The normalized spacial score (nSPS) is 28.5. The molecule has 2 aliphatic carbocycles. The van der Waals surface area contributed by atoms with E-state index in [9.17, 15) is 5.11 Å². The van der Waals surface area contributed by atoms with E-state index < -0.39 is 0 Å². The summed E-state index contributed by atoms with van der Waals surface area (Å²) in [6.45, 7) is 0.977. The van der Waals surface area contributed by atoms with E-state index in [0.717, 1.165) is 36.6 Å². The highest BCUT2D eigenvalue weighted by Gasteiger charge is 2.42. The quantitative estimate of drug-likeness (QED) is 0.653. The molecular weight excluding hydrogens is 346 g/mol. The predicted octanol–water partition coefficient (Wildman–Crippen LogP) is 5.53. The third-order valence-electron chi connectivity index (χ3n) is 6.84. The van der Waals surface area contributed by atoms with Crippen LogP contribution in [0.4, 0.5) is 0 Å². The first-order valence-corrected chi connectivity index (χ1v) is 11.2. The molecule has 1 aromatic rings. The highest BCUT2D eigenvalue weighted by Crippen LogP contribution is 2.46. The molecule has 2 saturated carbocycles. The fraction of sp³-hybridized carbons (Fsp3) is 0.680. The maximum atomic E-state index is 11.7. The van der Waals surface area contributed by atoms with E-state index in [0.29, 0.717) is 0 Å². The Bertz CT molecular complexity index is 630. The number of ether oxygens (including phenoxy) is 1. The van der Waals surface area contributed by atoms with Crippen molar-refractivity contribution in [2.45, 2.75) is 70.3 Å². The van der Waals surface area contributed by atoms with Crippen LogP contribution in [-0.2, 0) is 0 Å². The minimum atomic E-state index is -0.346. The van der Waals surface area contributed by atoms with Crippen molar-refractivity contribution >= 4 is 6.08 Å². The van der Waals surface area contributed by atoms with E-state index in [2.05, 4.69) is 37.2 Å². The molecule has 0 bridgehead atoms. The highest BCUT2D eigenvalue weighted by atomic mass is 16.5. The molecule has 28 heavy (non-hydrogen) atoms. The maximum Gasteiger partial charge on any atom is 0.118 e. The molecule has 2 unspecified atom stereocenters. The van der Waals surface area contributed by atoms with Gasteiger partial charge in [0.15, 0.2) is 0 Å². The number of aliphatic hydroxyl groups is 1. The van der Waals surface area contributed by atoms with Crippen molar-refractivity contribution < 1.29 is 9.84 Å². The molecule has 2 atom stereocenters. The van der Waals surface area contributed by atoms with E-state index in [4.69, 9.17) is 4.74 Å². The molecule has 3 heteroatoms. The smallest absolute Gasteiger partial charge is 0.118 e. The van der Waals surface area contributed by atoms with Crippen LogP contribution < -0.4 is 4.74 Å². The van der Waals surface area contributed by atoms with Crippen LogP contribution in [0.15, 0.2) is 29.8 Å². The summed E-state index contributed by atoms with van der Waals surface area (Å²) in [4.78, 5) is 2.29. The Hall–Kier alpha value is -1.32. The van der Waals surface area contributed by atoms with E-state index in [-0.39, 0.29) is 11.5 Å². The molecule has 0 aromatic heterocycles. The molecule has 0 saturated heterocycles. The minimum Gasteiger partial charge on any atom is -0.497 e. The fourth-order valence-corrected chi connectivity index (χ4v) is 5.58. The Labute approximate surface area is 171 Å². The SMILES string of the molecule is COc1ccc(C=C2CCCCC(CC3CCCCC3)(CN(C)C)C2O)cc1. The molecule has 1 aromatic carbocycles. The van der Waals surface area contributed by atoms with Gasteiger partial charge in [-0.2, -0.15) is 0 Å². The molecule has 0 aliphatic heterocycles. The number of aliphatic hydroxyl groups excluding tert-OH is 1. The molecule has 2 aliphatic rings. The largest absolute Gasteiger partial charge is 0.497 e. The first-order valence-electron chi connectivity index (χ1n) is 11.2.